The van der Waals surface area contributed by atoms with Crippen molar-refractivity contribution in [2.24, 2.45) is 0 Å². The summed E-state index contributed by atoms with van der Waals surface area (Å²) in [5.74, 6) is 0. The molecule has 3 N–H and O–H groups in total. The summed E-state index contributed by atoms with van der Waals surface area (Å²) in [7, 11) is 0. The Hall–Kier alpha value is -5.22. The van der Waals surface area contributed by atoms with E-state index in [1.54, 1.807) is 6.21 Å². The maximum Gasteiger partial charge on any atom is 0.184 e. The molecule has 4 heteroatoms. The van der Waals surface area contributed by atoms with Crippen molar-refractivity contribution in [3.05, 3.63) is 133 Å². The van der Waals surface area contributed by atoms with E-state index in [4.69, 9.17) is 10.8 Å². The van der Waals surface area contributed by atoms with Gasteiger partial charge in [-0.1, -0.05) is 78.9 Å². The predicted molar refractivity (Wildman–Crippen MR) is 159 cm³/mol. The number of nitrogens with zero attached hydrogens (tertiary/aromatic N) is 2. The Bertz CT molecular complexity index is 2040. The molecule has 0 atom stereocenters. The summed E-state index contributed by atoms with van der Waals surface area (Å²) >= 11 is 0. The second-order valence-corrected chi connectivity index (χ2v) is 9.48. The van der Waals surface area contributed by atoms with Crippen LogP contribution in [-0.4, -0.2) is 21.1 Å². The van der Waals surface area contributed by atoms with Crippen LogP contribution in [0.25, 0.3) is 54.9 Å². The lowest BCUT2D eigenvalue weighted by Crippen LogP contribution is -2.31. The standard InChI is InChI=1S/C34H24N4/c35-22-27(21-31(36)23-9-3-1-4-10-23)38-32-14-8-7-13-28(32)29-16-15-24-20-33-25(19-30(24)34(29)38)17-18-37(33)26-11-5-2-6-12-26/h1-22,35-36H/p+1/b27-21+,35-22?,36-31?. The molecule has 0 radical (unpaired) electrons. The second-order valence-electron chi connectivity index (χ2n) is 9.48. The van der Waals surface area contributed by atoms with Crippen LogP contribution < -0.4 is 5.41 Å². The van der Waals surface area contributed by atoms with Gasteiger partial charge in [0.15, 0.2) is 6.21 Å². The molecule has 0 saturated heterocycles. The first kappa shape index (κ1) is 22.0. The number of para-hydroxylation sites is 2. The Labute approximate surface area is 219 Å². The first-order chi connectivity index (χ1) is 18.7. The van der Waals surface area contributed by atoms with Gasteiger partial charge >= 0.3 is 0 Å². The Morgan fingerprint density at radius 3 is 2.18 bits per heavy atom. The molecule has 4 nitrogen and oxygen atoms in total. The average molecular weight is 490 g/mol. The van der Waals surface area contributed by atoms with Crippen LogP contribution in [0.4, 0.5) is 0 Å². The molecular formula is C34H25N4+. The van der Waals surface area contributed by atoms with Gasteiger partial charge in [-0.15, -0.1) is 0 Å². The Balaban J connectivity index is 1.53. The Morgan fingerprint density at radius 2 is 1.39 bits per heavy atom. The minimum atomic E-state index is 0.413. The van der Waals surface area contributed by atoms with Gasteiger partial charge in [0, 0.05) is 33.4 Å². The minimum Gasteiger partial charge on any atom is -0.317 e. The van der Waals surface area contributed by atoms with Crippen molar-refractivity contribution in [3.8, 4) is 5.69 Å². The fourth-order valence-corrected chi connectivity index (χ4v) is 5.53. The van der Waals surface area contributed by atoms with E-state index in [0.717, 1.165) is 55.0 Å². The van der Waals surface area contributed by atoms with Crippen molar-refractivity contribution in [1.82, 2.24) is 9.13 Å². The molecule has 0 aliphatic carbocycles. The molecule has 7 aromatic rings. The number of fused-ring (bicyclic) bond motifs is 6. The number of nitrogens with two attached hydrogens (primary N) is 1. The number of hydrogen-bond acceptors (Lipinski definition) is 1. The molecule has 38 heavy (non-hydrogen) atoms. The topological polar surface area (TPSA) is 59.3 Å². The molecule has 0 fully saturated rings. The van der Waals surface area contributed by atoms with Crippen molar-refractivity contribution in [2.75, 3.05) is 0 Å². The van der Waals surface area contributed by atoms with Gasteiger partial charge in [-0.2, -0.15) is 0 Å². The first-order valence-corrected chi connectivity index (χ1v) is 12.7. The maximum absolute atomic E-state index is 8.77. The molecular weight excluding hydrogens is 464 g/mol. The Morgan fingerprint density at radius 1 is 0.658 bits per heavy atom. The van der Waals surface area contributed by atoms with E-state index in [1.807, 2.05) is 42.5 Å². The highest BCUT2D eigenvalue weighted by atomic mass is 15.0. The van der Waals surface area contributed by atoms with E-state index in [1.165, 1.54) is 5.39 Å². The van der Waals surface area contributed by atoms with Crippen molar-refractivity contribution in [3.63, 3.8) is 0 Å². The monoisotopic (exact) mass is 489 g/mol. The number of nitrogens with one attached hydrogen (secondary N) is 1. The predicted octanol–water partition coefficient (Wildman–Crippen LogP) is 6.63. The number of hydrogen-bond donors (Lipinski definition) is 2. The summed E-state index contributed by atoms with van der Waals surface area (Å²) in [4.78, 5) is 0. The highest BCUT2D eigenvalue weighted by molar-refractivity contribution is 6.25. The van der Waals surface area contributed by atoms with Crippen LogP contribution in [0.2, 0.25) is 0 Å². The lowest BCUT2D eigenvalue weighted by atomic mass is 10.0. The maximum atomic E-state index is 8.77. The molecule has 0 saturated carbocycles. The smallest absolute Gasteiger partial charge is 0.184 e. The van der Waals surface area contributed by atoms with Gasteiger partial charge in [-0.3, -0.25) is 5.41 Å². The lowest BCUT2D eigenvalue weighted by Gasteiger charge is -2.11. The third kappa shape index (κ3) is 3.39. The molecule has 0 spiro atoms. The number of allylic oxidation sites excluding steroid dienone is 2. The van der Waals surface area contributed by atoms with Crippen LogP contribution in [0.1, 0.15) is 5.56 Å². The third-order valence-corrected chi connectivity index (χ3v) is 7.30. The molecule has 2 aromatic heterocycles. The third-order valence-electron chi connectivity index (χ3n) is 7.30. The molecule has 5 aromatic carbocycles. The van der Waals surface area contributed by atoms with Gasteiger partial charge in [-0.05, 0) is 53.4 Å². The second kappa shape index (κ2) is 8.71. The van der Waals surface area contributed by atoms with Gasteiger partial charge < -0.3 is 14.5 Å². The van der Waals surface area contributed by atoms with Gasteiger partial charge in [0.2, 0.25) is 0 Å². The molecule has 7 rings (SSSR count). The fourth-order valence-electron chi connectivity index (χ4n) is 5.53. The summed E-state index contributed by atoms with van der Waals surface area (Å²) in [5, 5.41) is 20.8. The van der Waals surface area contributed by atoms with Crippen LogP contribution in [0, 0.1) is 5.41 Å². The first-order valence-electron chi connectivity index (χ1n) is 12.7. The summed E-state index contributed by atoms with van der Waals surface area (Å²) in [5.41, 5.74) is 6.48. The van der Waals surface area contributed by atoms with E-state index in [0.29, 0.717) is 5.71 Å². The van der Waals surface area contributed by atoms with Crippen LogP contribution in [0.15, 0.2) is 128 Å². The molecule has 180 valence electrons. The zero-order valence-electron chi connectivity index (χ0n) is 20.7. The van der Waals surface area contributed by atoms with E-state index < -0.39 is 0 Å². The SMILES string of the molecule is N=C(/C=C(\C=[NH2+])n1c2ccccc2c2ccc3cc4c(ccn4-c4ccccc4)cc3c21)c1ccccc1. The van der Waals surface area contributed by atoms with Crippen molar-refractivity contribution < 1.29 is 5.41 Å². The van der Waals surface area contributed by atoms with E-state index in [9.17, 15) is 0 Å². The summed E-state index contributed by atoms with van der Waals surface area (Å²) in [6.45, 7) is 0. The normalized spacial score (nSPS) is 12.1. The minimum absolute atomic E-state index is 0.413. The van der Waals surface area contributed by atoms with Crippen molar-refractivity contribution in [1.29, 1.82) is 5.41 Å². The molecule has 0 aliphatic heterocycles. The zero-order chi connectivity index (χ0) is 25.6. The Kier molecular flexibility index (Phi) is 5.05. The number of benzene rings is 5. The fraction of sp³-hybridized carbons (Fsp3) is 0. The van der Waals surface area contributed by atoms with E-state index >= 15 is 0 Å². The van der Waals surface area contributed by atoms with E-state index in [-0.39, 0.29) is 0 Å². The van der Waals surface area contributed by atoms with E-state index in [2.05, 4.69) is 94.2 Å². The quantitative estimate of drug-likeness (QED) is 0.255. The van der Waals surface area contributed by atoms with Crippen LogP contribution in [0.5, 0.6) is 0 Å². The van der Waals surface area contributed by atoms with Crippen LogP contribution in [0.3, 0.4) is 0 Å². The van der Waals surface area contributed by atoms with Crippen molar-refractivity contribution >= 4 is 61.1 Å². The van der Waals surface area contributed by atoms with Gasteiger partial charge in [0.1, 0.15) is 5.70 Å². The summed E-state index contributed by atoms with van der Waals surface area (Å²) in [6.07, 6.45) is 5.59. The van der Waals surface area contributed by atoms with Crippen LogP contribution >= 0.6 is 0 Å². The number of aromatic nitrogens is 2. The highest BCUT2D eigenvalue weighted by Gasteiger charge is 2.18. The van der Waals surface area contributed by atoms with Crippen molar-refractivity contribution in [2.45, 2.75) is 0 Å². The van der Waals surface area contributed by atoms with Gasteiger partial charge in [0.05, 0.1) is 22.3 Å². The molecule has 0 aliphatic rings. The average Bonchev–Trinajstić information content (AvgIpc) is 3.54. The van der Waals surface area contributed by atoms with Gasteiger partial charge in [-0.25, -0.2) is 0 Å². The number of rotatable bonds is 5. The van der Waals surface area contributed by atoms with Crippen LogP contribution in [-0.2, 0) is 0 Å². The molecule has 0 bridgehead atoms. The summed E-state index contributed by atoms with van der Waals surface area (Å²) < 4.78 is 4.43. The molecule has 0 unspecified atom stereocenters. The lowest BCUT2D eigenvalue weighted by molar-refractivity contribution is -0.103. The molecule has 0 amide bonds. The molecule has 2 heterocycles. The summed E-state index contributed by atoms with van der Waals surface area (Å²) in [6, 6.07) is 39.7. The highest BCUT2D eigenvalue weighted by Crippen LogP contribution is 2.38. The zero-order valence-corrected chi connectivity index (χ0v) is 20.7. The largest absolute Gasteiger partial charge is 0.317 e. The van der Waals surface area contributed by atoms with Gasteiger partial charge in [0.25, 0.3) is 0 Å².